The molecule has 3 unspecified atom stereocenters. The summed E-state index contributed by atoms with van der Waals surface area (Å²) in [7, 11) is 0. The predicted molar refractivity (Wildman–Crippen MR) is 134 cm³/mol. The lowest BCUT2D eigenvalue weighted by Crippen LogP contribution is -2.73. The average Bonchev–Trinajstić information content (AvgIpc) is 3.25. The van der Waals surface area contributed by atoms with Gasteiger partial charge in [-0.1, -0.05) is 57.0 Å². The lowest BCUT2D eigenvalue weighted by molar-refractivity contribution is -0.165. The molecule has 7 heteroatoms. The molecule has 2 aliphatic rings. The lowest BCUT2D eigenvalue weighted by Gasteiger charge is -2.51. The van der Waals surface area contributed by atoms with Gasteiger partial charge in [0.05, 0.1) is 0 Å². The van der Waals surface area contributed by atoms with Crippen LogP contribution < -0.4 is 11.1 Å². The number of hydrogen-bond donors (Lipinski definition) is 2. The Balaban J connectivity index is 1.83. The standard InChI is InChI=1S/C28H36N4O3/c1-6-18(7-2)24-25(33)31-23(21-14-19-10-8-9-11-20(19)15-21)26(34)32(24)28(5,27(29)35)22-13-12-16(3)30-17(22)4/h8-13,18,21,23-24H,6-7,14-15H2,1-5H3,(H2,29,35)(H,31,33). The summed E-state index contributed by atoms with van der Waals surface area (Å²) in [6.45, 7) is 9.36. The van der Waals surface area contributed by atoms with E-state index < -0.39 is 23.5 Å². The van der Waals surface area contributed by atoms with E-state index in [1.54, 1.807) is 6.92 Å². The van der Waals surface area contributed by atoms with Gasteiger partial charge in [0.25, 0.3) is 0 Å². The van der Waals surface area contributed by atoms with E-state index in [2.05, 4.69) is 22.4 Å². The Bertz CT molecular complexity index is 1130. The van der Waals surface area contributed by atoms with E-state index in [1.165, 1.54) is 16.0 Å². The third-order valence-corrected chi connectivity index (χ3v) is 8.11. The number of hydrogen-bond acceptors (Lipinski definition) is 4. The minimum absolute atomic E-state index is 0.0802. The molecular formula is C28H36N4O3. The van der Waals surface area contributed by atoms with Crippen LogP contribution in [0.25, 0.3) is 0 Å². The molecule has 3 atom stereocenters. The van der Waals surface area contributed by atoms with E-state index in [1.807, 2.05) is 52.0 Å². The zero-order valence-electron chi connectivity index (χ0n) is 21.3. The van der Waals surface area contributed by atoms with Crippen LogP contribution in [-0.4, -0.2) is 39.7 Å². The van der Waals surface area contributed by atoms with Crippen LogP contribution in [0.4, 0.5) is 0 Å². The van der Waals surface area contributed by atoms with Gasteiger partial charge >= 0.3 is 0 Å². The Labute approximate surface area is 207 Å². The molecule has 0 bridgehead atoms. The molecule has 3 amide bonds. The maximum Gasteiger partial charge on any atom is 0.247 e. The molecule has 0 saturated carbocycles. The van der Waals surface area contributed by atoms with Crippen LogP contribution in [0.5, 0.6) is 0 Å². The van der Waals surface area contributed by atoms with Crippen molar-refractivity contribution in [2.75, 3.05) is 0 Å². The van der Waals surface area contributed by atoms with Gasteiger partial charge in [-0.05, 0) is 62.6 Å². The normalized spacial score (nSPS) is 22.2. The minimum atomic E-state index is -1.52. The molecule has 1 aromatic heterocycles. The first-order valence-corrected chi connectivity index (χ1v) is 12.6. The molecule has 1 fully saturated rings. The van der Waals surface area contributed by atoms with Crippen molar-refractivity contribution in [3.8, 4) is 0 Å². The number of carbonyl (C=O) groups excluding carboxylic acids is 3. The number of primary amides is 1. The molecule has 1 aliphatic heterocycles. The molecule has 2 heterocycles. The van der Waals surface area contributed by atoms with Crippen molar-refractivity contribution in [2.24, 2.45) is 17.6 Å². The van der Waals surface area contributed by atoms with E-state index in [0.717, 1.165) is 5.69 Å². The molecule has 4 rings (SSSR count). The number of nitrogens with one attached hydrogen (secondary N) is 1. The fourth-order valence-electron chi connectivity index (χ4n) is 6.09. The van der Waals surface area contributed by atoms with Gasteiger partial charge in [0.1, 0.15) is 17.6 Å². The highest BCUT2D eigenvalue weighted by atomic mass is 16.2. The van der Waals surface area contributed by atoms with Crippen LogP contribution in [0.3, 0.4) is 0 Å². The summed E-state index contributed by atoms with van der Waals surface area (Å²) in [5, 5.41) is 3.06. The third-order valence-electron chi connectivity index (χ3n) is 8.11. The SMILES string of the molecule is CCC(CC)C1C(=O)NC(C2Cc3ccccc3C2)C(=O)N1C(C)(C(N)=O)c1ccc(C)nc1C. The van der Waals surface area contributed by atoms with Crippen molar-refractivity contribution in [3.05, 3.63) is 64.5 Å². The molecule has 0 spiro atoms. The highest BCUT2D eigenvalue weighted by molar-refractivity contribution is 6.01. The maximum atomic E-state index is 14.3. The van der Waals surface area contributed by atoms with Crippen LogP contribution in [0.1, 0.15) is 61.7 Å². The van der Waals surface area contributed by atoms with Crippen LogP contribution in [0.15, 0.2) is 36.4 Å². The maximum absolute atomic E-state index is 14.3. The number of aromatic nitrogens is 1. The first kappa shape index (κ1) is 24.9. The van der Waals surface area contributed by atoms with E-state index in [9.17, 15) is 14.4 Å². The Morgan fingerprint density at radius 2 is 1.71 bits per heavy atom. The number of amides is 3. The molecule has 3 N–H and O–H groups in total. The molecule has 186 valence electrons. The van der Waals surface area contributed by atoms with Crippen molar-refractivity contribution in [1.29, 1.82) is 0 Å². The zero-order valence-corrected chi connectivity index (χ0v) is 21.3. The number of rotatable bonds is 7. The fourth-order valence-corrected chi connectivity index (χ4v) is 6.09. The van der Waals surface area contributed by atoms with Gasteiger partial charge in [-0.2, -0.15) is 0 Å². The van der Waals surface area contributed by atoms with E-state index in [4.69, 9.17) is 5.73 Å². The van der Waals surface area contributed by atoms with Gasteiger partial charge in [-0.15, -0.1) is 0 Å². The zero-order chi connectivity index (χ0) is 25.5. The quantitative estimate of drug-likeness (QED) is 0.641. The number of aryl methyl sites for hydroxylation is 2. The van der Waals surface area contributed by atoms with Gasteiger partial charge in [-0.25, -0.2) is 0 Å². The van der Waals surface area contributed by atoms with Crippen molar-refractivity contribution in [2.45, 2.75) is 77.9 Å². The van der Waals surface area contributed by atoms with Gasteiger partial charge in [0, 0.05) is 17.0 Å². The summed E-state index contributed by atoms with van der Waals surface area (Å²) in [6, 6.07) is 10.2. The van der Waals surface area contributed by atoms with Gasteiger partial charge in [0.15, 0.2) is 0 Å². The van der Waals surface area contributed by atoms with Crippen molar-refractivity contribution < 1.29 is 14.4 Å². The van der Waals surface area contributed by atoms with Crippen LogP contribution in [0.2, 0.25) is 0 Å². The summed E-state index contributed by atoms with van der Waals surface area (Å²) >= 11 is 0. The average molecular weight is 477 g/mol. The number of benzene rings is 1. The van der Waals surface area contributed by atoms with E-state index in [-0.39, 0.29) is 23.7 Å². The van der Waals surface area contributed by atoms with E-state index >= 15 is 0 Å². The van der Waals surface area contributed by atoms with Gasteiger partial charge in [-0.3, -0.25) is 19.4 Å². The molecule has 1 aromatic carbocycles. The summed E-state index contributed by atoms with van der Waals surface area (Å²) in [4.78, 5) is 47.3. The second-order valence-electron chi connectivity index (χ2n) is 10.2. The largest absolute Gasteiger partial charge is 0.367 e. The van der Waals surface area contributed by atoms with Crippen molar-refractivity contribution in [3.63, 3.8) is 0 Å². The number of carbonyl (C=O) groups is 3. The number of nitrogens with two attached hydrogens (primary N) is 1. The number of pyridine rings is 1. The predicted octanol–water partition coefficient (Wildman–Crippen LogP) is 2.95. The monoisotopic (exact) mass is 476 g/mol. The highest BCUT2D eigenvalue weighted by Crippen LogP contribution is 2.40. The van der Waals surface area contributed by atoms with Crippen LogP contribution >= 0.6 is 0 Å². The molecule has 2 aromatic rings. The number of piperazine rings is 1. The highest BCUT2D eigenvalue weighted by Gasteiger charge is 2.56. The molecule has 1 saturated heterocycles. The Kier molecular flexibility index (Phi) is 6.71. The summed E-state index contributed by atoms with van der Waals surface area (Å²) in [5.41, 5.74) is 8.94. The molecule has 1 aliphatic carbocycles. The minimum Gasteiger partial charge on any atom is -0.367 e. The van der Waals surface area contributed by atoms with Gasteiger partial charge < -0.3 is 16.0 Å². The van der Waals surface area contributed by atoms with Crippen molar-refractivity contribution >= 4 is 17.7 Å². The van der Waals surface area contributed by atoms with Crippen LogP contribution in [0, 0.1) is 25.7 Å². The summed E-state index contributed by atoms with van der Waals surface area (Å²) in [6.07, 6.45) is 2.79. The third kappa shape index (κ3) is 4.11. The van der Waals surface area contributed by atoms with Crippen molar-refractivity contribution in [1.82, 2.24) is 15.2 Å². The number of fused-ring (bicyclic) bond motifs is 1. The fraction of sp³-hybridized carbons (Fsp3) is 0.500. The second kappa shape index (κ2) is 9.44. The second-order valence-corrected chi connectivity index (χ2v) is 10.2. The molecule has 35 heavy (non-hydrogen) atoms. The molecular weight excluding hydrogens is 440 g/mol. The van der Waals surface area contributed by atoms with Crippen LogP contribution in [-0.2, 0) is 32.8 Å². The Hall–Kier alpha value is -3.22. The van der Waals surface area contributed by atoms with Gasteiger partial charge in [0.2, 0.25) is 17.7 Å². The smallest absolute Gasteiger partial charge is 0.247 e. The Morgan fingerprint density at radius 3 is 2.23 bits per heavy atom. The first-order chi connectivity index (χ1) is 16.6. The van der Waals surface area contributed by atoms with E-state index in [0.29, 0.717) is 36.9 Å². The molecule has 7 nitrogen and oxygen atoms in total. The summed E-state index contributed by atoms with van der Waals surface area (Å²) < 4.78 is 0. The topological polar surface area (TPSA) is 105 Å². The lowest BCUT2D eigenvalue weighted by atomic mass is 9.79. The number of nitrogens with zero attached hydrogens (tertiary/aromatic N) is 2. The molecule has 0 radical (unpaired) electrons. The summed E-state index contributed by atoms with van der Waals surface area (Å²) in [5.74, 6) is -1.33. The first-order valence-electron chi connectivity index (χ1n) is 12.6. The Morgan fingerprint density at radius 1 is 1.11 bits per heavy atom.